The minimum Gasteiger partial charge on any atom is -0.493 e. The van der Waals surface area contributed by atoms with Crippen molar-refractivity contribution in [2.45, 2.75) is 25.9 Å². The molecule has 2 aromatic rings. The minimum atomic E-state index is 0. The Morgan fingerprint density at radius 1 is 1.23 bits per heavy atom. The molecule has 0 saturated heterocycles. The van der Waals surface area contributed by atoms with Crippen molar-refractivity contribution < 1.29 is 18.7 Å². The van der Waals surface area contributed by atoms with Crippen LogP contribution in [0.25, 0.3) is 0 Å². The summed E-state index contributed by atoms with van der Waals surface area (Å²) in [6.07, 6.45) is 3.03. The molecule has 0 atom stereocenters. The monoisotopic (exact) mass is 380 g/mol. The van der Waals surface area contributed by atoms with Gasteiger partial charge in [0.2, 0.25) is 5.91 Å². The number of carbonyl (C=O) groups is 1. The Labute approximate surface area is 159 Å². The van der Waals surface area contributed by atoms with Gasteiger partial charge in [-0.3, -0.25) is 9.69 Å². The van der Waals surface area contributed by atoms with Crippen LogP contribution in [0.3, 0.4) is 0 Å². The van der Waals surface area contributed by atoms with Gasteiger partial charge in [-0.05, 0) is 41.8 Å². The number of nitrogens with zero attached hydrogens (tertiary/aromatic N) is 1. The Bertz CT molecular complexity index is 719. The van der Waals surface area contributed by atoms with Gasteiger partial charge in [-0.25, -0.2) is 0 Å². The molecule has 0 fully saturated rings. The minimum absolute atomic E-state index is 0. The Balaban J connectivity index is 0.00000243. The summed E-state index contributed by atoms with van der Waals surface area (Å²) in [5, 5.41) is 2.88. The molecule has 2 heterocycles. The summed E-state index contributed by atoms with van der Waals surface area (Å²) < 4.78 is 16.0. The smallest absolute Gasteiger partial charge is 0.221 e. The maximum Gasteiger partial charge on any atom is 0.221 e. The molecule has 142 valence electrons. The van der Waals surface area contributed by atoms with E-state index in [0.717, 1.165) is 43.3 Å². The van der Waals surface area contributed by atoms with Crippen LogP contribution in [-0.2, 0) is 24.3 Å². The van der Waals surface area contributed by atoms with Crippen LogP contribution >= 0.6 is 12.4 Å². The normalized spacial score (nSPS) is 13.5. The first kappa shape index (κ1) is 20.1. The van der Waals surface area contributed by atoms with Gasteiger partial charge in [0.1, 0.15) is 5.76 Å². The third-order valence-corrected chi connectivity index (χ3v) is 4.49. The average Bonchev–Trinajstić information content (AvgIpc) is 3.16. The molecule has 6 nitrogen and oxygen atoms in total. The molecule has 0 spiro atoms. The van der Waals surface area contributed by atoms with Crippen molar-refractivity contribution in [2.75, 3.05) is 27.3 Å². The second kappa shape index (κ2) is 9.50. The van der Waals surface area contributed by atoms with Crippen molar-refractivity contribution >= 4 is 18.3 Å². The molecule has 0 saturated carbocycles. The second-order valence-corrected chi connectivity index (χ2v) is 6.11. The van der Waals surface area contributed by atoms with E-state index in [2.05, 4.69) is 16.3 Å². The molecule has 1 amide bonds. The molecule has 26 heavy (non-hydrogen) atoms. The highest BCUT2D eigenvalue weighted by Gasteiger charge is 2.19. The van der Waals surface area contributed by atoms with E-state index in [1.807, 2.05) is 18.2 Å². The molecule has 0 bridgehead atoms. The predicted molar refractivity (Wildman–Crippen MR) is 101 cm³/mol. The van der Waals surface area contributed by atoms with Crippen molar-refractivity contribution in [3.63, 3.8) is 0 Å². The highest BCUT2D eigenvalue weighted by Crippen LogP contribution is 2.33. The molecule has 0 unspecified atom stereocenters. The summed E-state index contributed by atoms with van der Waals surface area (Å²) in [6.45, 7) is 2.93. The number of methoxy groups -OCH3 is 2. The maximum absolute atomic E-state index is 12.0. The van der Waals surface area contributed by atoms with Gasteiger partial charge in [0.05, 0.1) is 27.0 Å². The quantitative estimate of drug-likeness (QED) is 0.800. The third-order valence-electron chi connectivity index (χ3n) is 4.49. The fourth-order valence-corrected chi connectivity index (χ4v) is 3.08. The van der Waals surface area contributed by atoms with Crippen molar-refractivity contribution in [1.29, 1.82) is 0 Å². The lowest BCUT2D eigenvalue weighted by atomic mass is 9.98. The van der Waals surface area contributed by atoms with E-state index in [1.54, 1.807) is 20.5 Å². The lowest BCUT2D eigenvalue weighted by Crippen LogP contribution is -2.34. The van der Waals surface area contributed by atoms with Crippen LogP contribution in [0.1, 0.15) is 23.3 Å². The van der Waals surface area contributed by atoms with Gasteiger partial charge in [-0.1, -0.05) is 0 Å². The van der Waals surface area contributed by atoms with Gasteiger partial charge < -0.3 is 19.2 Å². The molecule has 1 aliphatic heterocycles. The first-order valence-electron chi connectivity index (χ1n) is 8.45. The fraction of sp³-hybridized carbons (Fsp3) is 0.421. The molecule has 0 aliphatic carbocycles. The summed E-state index contributed by atoms with van der Waals surface area (Å²) in [5.74, 6) is 2.32. The predicted octanol–water partition coefficient (Wildman–Crippen LogP) is 2.78. The van der Waals surface area contributed by atoms with Crippen LogP contribution in [0, 0.1) is 0 Å². The standard InChI is InChI=1S/C19H24N2O4.ClH/c1-23-17-10-14-5-7-21(13-15(14)11-18(17)24-2)8-6-19(22)20-12-16-4-3-9-25-16;/h3-4,9-11H,5-8,12-13H2,1-2H3,(H,20,22);1H. The number of furan rings is 1. The van der Waals surface area contributed by atoms with Gasteiger partial charge in [0, 0.05) is 26.1 Å². The molecular formula is C19H25ClN2O4. The molecule has 1 aliphatic rings. The highest BCUT2D eigenvalue weighted by atomic mass is 35.5. The van der Waals surface area contributed by atoms with E-state index in [1.165, 1.54) is 11.1 Å². The van der Waals surface area contributed by atoms with E-state index in [-0.39, 0.29) is 18.3 Å². The molecule has 7 heteroatoms. The molecule has 3 rings (SSSR count). The molecule has 1 aromatic heterocycles. The number of carbonyl (C=O) groups excluding carboxylic acids is 1. The number of fused-ring (bicyclic) bond motifs is 1. The fourth-order valence-electron chi connectivity index (χ4n) is 3.08. The molecule has 0 radical (unpaired) electrons. The van der Waals surface area contributed by atoms with Crippen molar-refractivity contribution in [3.05, 3.63) is 47.4 Å². The summed E-state index contributed by atoms with van der Waals surface area (Å²) in [6, 6.07) is 7.76. The number of ether oxygens (including phenoxy) is 2. The average molecular weight is 381 g/mol. The summed E-state index contributed by atoms with van der Waals surface area (Å²) in [7, 11) is 3.30. The number of hydrogen-bond donors (Lipinski definition) is 1. The number of halogens is 1. The summed E-state index contributed by atoms with van der Waals surface area (Å²) >= 11 is 0. The van der Waals surface area contributed by atoms with Crippen molar-refractivity contribution in [3.8, 4) is 11.5 Å². The van der Waals surface area contributed by atoms with Crippen LogP contribution < -0.4 is 14.8 Å². The van der Waals surface area contributed by atoms with Crippen LogP contribution in [0.5, 0.6) is 11.5 Å². The molecule has 1 aromatic carbocycles. The SMILES string of the molecule is COc1cc2c(cc1OC)CN(CCC(=O)NCc1ccco1)CC2.Cl. The number of hydrogen-bond acceptors (Lipinski definition) is 5. The summed E-state index contributed by atoms with van der Waals surface area (Å²) in [4.78, 5) is 14.3. The molecule has 1 N–H and O–H groups in total. The van der Waals surface area contributed by atoms with Gasteiger partial charge in [0.25, 0.3) is 0 Å². The van der Waals surface area contributed by atoms with Crippen molar-refractivity contribution in [2.24, 2.45) is 0 Å². The van der Waals surface area contributed by atoms with Crippen LogP contribution in [0.2, 0.25) is 0 Å². The van der Waals surface area contributed by atoms with E-state index < -0.39 is 0 Å². The van der Waals surface area contributed by atoms with E-state index in [4.69, 9.17) is 13.9 Å². The van der Waals surface area contributed by atoms with E-state index in [0.29, 0.717) is 13.0 Å². The lowest BCUT2D eigenvalue weighted by molar-refractivity contribution is -0.121. The number of amides is 1. The topological polar surface area (TPSA) is 63.9 Å². The first-order valence-corrected chi connectivity index (χ1v) is 8.45. The Hall–Kier alpha value is -2.18. The summed E-state index contributed by atoms with van der Waals surface area (Å²) in [5.41, 5.74) is 2.52. The largest absolute Gasteiger partial charge is 0.493 e. The second-order valence-electron chi connectivity index (χ2n) is 6.11. The lowest BCUT2D eigenvalue weighted by Gasteiger charge is -2.29. The van der Waals surface area contributed by atoms with E-state index in [9.17, 15) is 4.79 Å². The Morgan fingerprint density at radius 2 is 1.96 bits per heavy atom. The van der Waals surface area contributed by atoms with E-state index >= 15 is 0 Å². The van der Waals surface area contributed by atoms with Gasteiger partial charge in [-0.15, -0.1) is 12.4 Å². The van der Waals surface area contributed by atoms with Crippen molar-refractivity contribution in [1.82, 2.24) is 10.2 Å². The number of rotatable bonds is 7. The van der Waals surface area contributed by atoms with Gasteiger partial charge >= 0.3 is 0 Å². The maximum atomic E-state index is 12.0. The Kier molecular flexibility index (Phi) is 7.36. The number of nitrogens with one attached hydrogen (secondary N) is 1. The van der Waals surface area contributed by atoms with Crippen LogP contribution in [-0.4, -0.2) is 38.1 Å². The van der Waals surface area contributed by atoms with Gasteiger partial charge in [-0.2, -0.15) is 0 Å². The zero-order valence-electron chi connectivity index (χ0n) is 15.1. The number of benzene rings is 1. The van der Waals surface area contributed by atoms with Gasteiger partial charge in [0.15, 0.2) is 11.5 Å². The first-order chi connectivity index (χ1) is 12.2. The van der Waals surface area contributed by atoms with Crippen LogP contribution in [0.4, 0.5) is 0 Å². The highest BCUT2D eigenvalue weighted by molar-refractivity contribution is 5.85. The zero-order chi connectivity index (χ0) is 17.6. The Morgan fingerprint density at radius 3 is 2.62 bits per heavy atom. The van der Waals surface area contributed by atoms with Crippen LogP contribution in [0.15, 0.2) is 34.9 Å². The third kappa shape index (κ3) is 4.93. The molecular weight excluding hydrogens is 356 g/mol. The zero-order valence-corrected chi connectivity index (χ0v) is 15.9.